The monoisotopic (exact) mass is 1060 g/mol. The lowest BCUT2D eigenvalue weighted by Crippen LogP contribution is -2.53. The molecular weight excluding hydrogens is 937 g/mol. The van der Waals surface area contributed by atoms with E-state index in [-0.39, 0.29) is 35.5 Å². The van der Waals surface area contributed by atoms with Gasteiger partial charge in [-0.2, -0.15) is 0 Å². The van der Waals surface area contributed by atoms with Crippen LogP contribution in [0, 0.1) is 11.8 Å². The van der Waals surface area contributed by atoms with Gasteiger partial charge in [0.15, 0.2) is 0 Å². The summed E-state index contributed by atoms with van der Waals surface area (Å²) in [6, 6.07) is -0.949. The summed E-state index contributed by atoms with van der Waals surface area (Å²) in [5.74, 6) is 0.200. The second kappa shape index (κ2) is 47.7. The van der Waals surface area contributed by atoms with Gasteiger partial charge in [-0.05, 0) is 50.4 Å². The van der Waals surface area contributed by atoms with Crippen molar-refractivity contribution in [1.82, 2.24) is 30.2 Å². The van der Waals surface area contributed by atoms with Crippen molar-refractivity contribution in [3.63, 3.8) is 0 Å². The predicted molar refractivity (Wildman–Crippen MR) is 314 cm³/mol. The average Bonchev–Trinajstić information content (AvgIpc) is 3.40. The minimum atomic E-state index is -0.474. The average molecular weight is 1060 g/mol. The summed E-state index contributed by atoms with van der Waals surface area (Å²) in [4.78, 5) is 64.3. The summed E-state index contributed by atoms with van der Waals surface area (Å²) >= 11 is 0. The van der Waals surface area contributed by atoms with Crippen molar-refractivity contribution in [2.75, 3.05) is 91.9 Å². The summed E-state index contributed by atoms with van der Waals surface area (Å²) in [5, 5.41) is 6.46. The van der Waals surface area contributed by atoms with Gasteiger partial charge in [0, 0.05) is 78.3 Å². The number of hydrogen-bond acceptors (Lipinski definition) is 8. The maximum absolute atomic E-state index is 13.9. The van der Waals surface area contributed by atoms with Gasteiger partial charge in [0.1, 0.15) is 12.1 Å². The van der Waals surface area contributed by atoms with Crippen molar-refractivity contribution >= 4 is 23.6 Å². The molecule has 4 amide bonds. The first-order valence-electron chi connectivity index (χ1n) is 32.3. The number of morpholine rings is 2. The number of unbranched alkanes of at least 4 members (excludes halogenated alkanes) is 28. The Balaban J connectivity index is 1.79. The zero-order valence-corrected chi connectivity index (χ0v) is 50.2. The molecule has 2 N–H and O–H groups in total. The van der Waals surface area contributed by atoms with Gasteiger partial charge >= 0.3 is 0 Å². The Hall–Kier alpha value is -2.28. The molecule has 0 aromatic rings. The van der Waals surface area contributed by atoms with Crippen molar-refractivity contribution in [3.05, 3.63) is 0 Å². The van der Waals surface area contributed by atoms with E-state index in [0.717, 1.165) is 136 Å². The Morgan fingerprint density at radius 3 is 0.933 bits per heavy atom. The van der Waals surface area contributed by atoms with Crippen LogP contribution in [0.2, 0.25) is 0 Å². The van der Waals surface area contributed by atoms with Crippen LogP contribution in [0.25, 0.3) is 0 Å². The van der Waals surface area contributed by atoms with E-state index in [2.05, 4.69) is 62.0 Å². The maximum atomic E-state index is 13.9. The molecule has 2 aliphatic rings. The third kappa shape index (κ3) is 35.1. The third-order valence-corrected chi connectivity index (χ3v) is 16.0. The van der Waals surface area contributed by atoms with Gasteiger partial charge in [-0.3, -0.25) is 29.0 Å². The summed E-state index contributed by atoms with van der Waals surface area (Å²) in [6.07, 6.45) is 40.6. The molecule has 0 aliphatic carbocycles. The molecule has 2 fully saturated rings. The minimum absolute atomic E-state index is 0.0128. The van der Waals surface area contributed by atoms with Crippen LogP contribution < -0.4 is 10.6 Å². The summed E-state index contributed by atoms with van der Waals surface area (Å²) < 4.78 is 11.1. The van der Waals surface area contributed by atoms with Gasteiger partial charge in [0.25, 0.3) is 0 Å². The molecule has 75 heavy (non-hydrogen) atoms. The highest BCUT2D eigenvalue weighted by Gasteiger charge is 2.33. The number of carbonyl (C=O) groups is 4. The van der Waals surface area contributed by atoms with Crippen LogP contribution in [-0.2, 0) is 28.7 Å². The predicted octanol–water partition coefficient (Wildman–Crippen LogP) is 13.3. The van der Waals surface area contributed by atoms with Gasteiger partial charge in [-0.1, -0.05) is 215 Å². The molecule has 12 nitrogen and oxygen atoms in total. The Labute approximate surface area is 462 Å². The number of amides is 4. The van der Waals surface area contributed by atoms with E-state index in [9.17, 15) is 19.2 Å². The van der Waals surface area contributed by atoms with Crippen LogP contribution >= 0.6 is 0 Å². The van der Waals surface area contributed by atoms with E-state index in [1.807, 2.05) is 9.80 Å². The van der Waals surface area contributed by atoms with E-state index in [1.54, 1.807) is 0 Å². The second-order valence-corrected chi connectivity index (χ2v) is 23.5. The van der Waals surface area contributed by atoms with Gasteiger partial charge in [0.05, 0.1) is 26.4 Å². The molecule has 2 atom stereocenters. The molecule has 0 aromatic heterocycles. The lowest BCUT2D eigenvalue weighted by molar-refractivity contribution is -0.142. The SMILES string of the molecule is CCCCCCCCCCCCCCCC(=O)N(CCCN1CCOCC1)C(C(=O)NCCCCCCCNC(=O)C(C(C)C)N(CCCN1CCOCC1)C(=O)CCCCCCCCCCCCCCC)C(C)C. The Morgan fingerprint density at radius 2 is 0.653 bits per heavy atom. The van der Waals surface area contributed by atoms with Crippen molar-refractivity contribution in [3.8, 4) is 0 Å². The minimum Gasteiger partial charge on any atom is -0.379 e. The van der Waals surface area contributed by atoms with Crippen molar-refractivity contribution < 1.29 is 28.7 Å². The van der Waals surface area contributed by atoms with E-state index in [4.69, 9.17) is 9.47 Å². The Kier molecular flexibility index (Phi) is 43.8. The van der Waals surface area contributed by atoms with E-state index < -0.39 is 12.1 Å². The fourth-order valence-electron chi connectivity index (χ4n) is 11.3. The number of carbonyl (C=O) groups excluding carboxylic acids is 4. The third-order valence-electron chi connectivity index (χ3n) is 16.0. The van der Waals surface area contributed by atoms with Crippen LogP contribution in [0.5, 0.6) is 0 Å². The fraction of sp³-hybridized carbons (Fsp3) is 0.937. The molecule has 0 radical (unpaired) electrons. The maximum Gasteiger partial charge on any atom is 0.243 e. The molecule has 440 valence electrons. The first kappa shape index (κ1) is 68.8. The van der Waals surface area contributed by atoms with Gasteiger partial charge < -0.3 is 29.9 Å². The Morgan fingerprint density at radius 1 is 0.387 bits per heavy atom. The van der Waals surface area contributed by atoms with Crippen molar-refractivity contribution in [1.29, 1.82) is 0 Å². The number of rotatable bonds is 50. The number of nitrogens with zero attached hydrogens (tertiary/aromatic N) is 4. The van der Waals surface area contributed by atoms with E-state index >= 15 is 0 Å². The molecule has 0 spiro atoms. The molecule has 0 bridgehead atoms. The van der Waals surface area contributed by atoms with Crippen LogP contribution in [0.3, 0.4) is 0 Å². The lowest BCUT2D eigenvalue weighted by atomic mass is 9.99. The number of ether oxygens (including phenoxy) is 2. The lowest BCUT2D eigenvalue weighted by Gasteiger charge is -2.35. The second-order valence-electron chi connectivity index (χ2n) is 23.5. The largest absolute Gasteiger partial charge is 0.379 e. The highest BCUT2D eigenvalue weighted by Crippen LogP contribution is 2.20. The van der Waals surface area contributed by atoms with Crippen molar-refractivity contribution in [2.24, 2.45) is 11.8 Å². The molecule has 2 aliphatic heterocycles. The molecule has 2 heterocycles. The van der Waals surface area contributed by atoms with Crippen molar-refractivity contribution in [2.45, 2.75) is 278 Å². The standard InChI is InChI=1S/C63H122N6O6/c1-7-9-11-13-15-17-19-21-23-25-27-30-34-40-58(70)68(46-38-44-66-48-52-74-53-49-66)60(56(3)4)62(72)64-42-36-32-29-33-37-43-65-63(73)61(57(5)6)69(47-39-45-67-50-54-75-55-51-67)59(71)41-35-31-28-26-24-22-20-18-16-14-12-10-8-2/h56-57,60-61H,7-55H2,1-6H3,(H,64,72)(H,65,73). The molecule has 0 aromatic carbocycles. The molecule has 2 rings (SSSR count). The van der Waals surface area contributed by atoms with E-state index in [0.29, 0.717) is 39.0 Å². The summed E-state index contributed by atoms with van der Waals surface area (Å²) in [7, 11) is 0. The van der Waals surface area contributed by atoms with Crippen LogP contribution in [0.1, 0.15) is 266 Å². The summed E-state index contributed by atoms with van der Waals surface area (Å²) in [6.45, 7) is 23.8. The van der Waals surface area contributed by atoms with Crippen LogP contribution in [0.15, 0.2) is 0 Å². The fourth-order valence-corrected chi connectivity index (χ4v) is 11.3. The quantitative estimate of drug-likeness (QED) is 0.0578. The van der Waals surface area contributed by atoms with Crippen LogP contribution in [-0.4, -0.2) is 147 Å². The Bertz CT molecular complexity index is 1270. The van der Waals surface area contributed by atoms with Gasteiger partial charge in [-0.15, -0.1) is 0 Å². The van der Waals surface area contributed by atoms with E-state index in [1.165, 1.54) is 141 Å². The molecule has 2 unspecified atom stereocenters. The first-order chi connectivity index (χ1) is 36.6. The van der Waals surface area contributed by atoms with Crippen LogP contribution in [0.4, 0.5) is 0 Å². The molecular formula is C63H122N6O6. The zero-order chi connectivity index (χ0) is 54.4. The zero-order valence-electron chi connectivity index (χ0n) is 50.2. The van der Waals surface area contributed by atoms with Gasteiger partial charge in [-0.25, -0.2) is 0 Å². The smallest absolute Gasteiger partial charge is 0.243 e. The molecule has 2 saturated heterocycles. The number of hydrogen-bond donors (Lipinski definition) is 2. The molecule has 0 saturated carbocycles. The highest BCUT2D eigenvalue weighted by atomic mass is 16.5. The number of nitrogens with one attached hydrogen (secondary N) is 2. The normalized spacial score (nSPS) is 15.4. The first-order valence-corrected chi connectivity index (χ1v) is 32.3. The topological polar surface area (TPSA) is 124 Å². The van der Waals surface area contributed by atoms with Gasteiger partial charge in [0.2, 0.25) is 23.6 Å². The molecule has 12 heteroatoms. The summed E-state index contributed by atoms with van der Waals surface area (Å²) in [5.41, 5.74) is 0. The highest BCUT2D eigenvalue weighted by molar-refractivity contribution is 5.88.